The largest absolute Gasteiger partial charge is 0.381 e. The predicted octanol–water partition coefficient (Wildman–Crippen LogP) is 4.41. The standard InChI is InChI=1S/C22H26N4OS/c1-2-5-16(6-3-1)20-13-19-21(23-15-24-22(19)28-20)25-17-7-4-10-26(14-17)18-8-11-27-12-9-18/h1-3,5-6,13,15,17-18H,4,7-12,14H2,(H,23,24,25). The maximum atomic E-state index is 5.54. The first-order valence-electron chi connectivity index (χ1n) is 10.2. The summed E-state index contributed by atoms with van der Waals surface area (Å²) in [6.45, 7) is 4.11. The molecule has 5 rings (SSSR count). The van der Waals surface area contributed by atoms with E-state index in [2.05, 4.69) is 56.6 Å². The summed E-state index contributed by atoms with van der Waals surface area (Å²) in [5.74, 6) is 0.974. The molecule has 2 saturated heterocycles. The van der Waals surface area contributed by atoms with Gasteiger partial charge < -0.3 is 10.1 Å². The highest BCUT2D eigenvalue weighted by molar-refractivity contribution is 7.21. The van der Waals surface area contributed by atoms with Gasteiger partial charge in [0.25, 0.3) is 0 Å². The Morgan fingerprint density at radius 3 is 2.79 bits per heavy atom. The number of aromatic nitrogens is 2. The average Bonchev–Trinajstić information content (AvgIpc) is 3.21. The molecule has 2 aliphatic heterocycles. The number of benzene rings is 1. The van der Waals surface area contributed by atoms with Crippen molar-refractivity contribution in [2.75, 3.05) is 31.6 Å². The Labute approximate surface area is 169 Å². The lowest BCUT2D eigenvalue weighted by Crippen LogP contribution is -2.48. The van der Waals surface area contributed by atoms with Gasteiger partial charge in [0, 0.05) is 36.7 Å². The minimum absolute atomic E-state index is 0.440. The zero-order chi connectivity index (χ0) is 18.8. The van der Waals surface area contributed by atoms with Gasteiger partial charge in [-0.25, -0.2) is 9.97 Å². The van der Waals surface area contributed by atoms with Crippen molar-refractivity contribution in [1.82, 2.24) is 14.9 Å². The smallest absolute Gasteiger partial charge is 0.138 e. The molecular weight excluding hydrogens is 368 g/mol. The van der Waals surface area contributed by atoms with Crippen LogP contribution in [0.15, 0.2) is 42.7 Å². The van der Waals surface area contributed by atoms with E-state index >= 15 is 0 Å². The SMILES string of the molecule is c1ccc(-c2cc3c(NC4CCCN(C5CCOCC5)C4)ncnc3s2)cc1. The number of hydrogen-bond acceptors (Lipinski definition) is 6. The monoisotopic (exact) mass is 394 g/mol. The summed E-state index contributed by atoms with van der Waals surface area (Å²) >= 11 is 1.73. The minimum Gasteiger partial charge on any atom is -0.381 e. The van der Waals surface area contributed by atoms with E-state index in [1.165, 1.54) is 29.8 Å². The number of likely N-dealkylation sites (tertiary alicyclic amines) is 1. The van der Waals surface area contributed by atoms with Crippen LogP contribution in [0.5, 0.6) is 0 Å². The molecule has 2 aliphatic rings. The van der Waals surface area contributed by atoms with E-state index in [-0.39, 0.29) is 0 Å². The van der Waals surface area contributed by atoms with Gasteiger partial charge >= 0.3 is 0 Å². The summed E-state index contributed by atoms with van der Waals surface area (Å²) < 4.78 is 5.54. The molecule has 0 saturated carbocycles. The highest BCUT2D eigenvalue weighted by atomic mass is 32.1. The fourth-order valence-corrected chi connectivity index (χ4v) is 5.42. The number of nitrogens with one attached hydrogen (secondary N) is 1. The minimum atomic E-state index is 0.440. The van der Waals surface area contributed by atoms with Crippen molar-refractivity contribution in [2.24, 2.45) is 0 Å². The Bertz CT molecular complexity index is 923. The number of piperidine rings is 1. The summed E-state index contributed by atoms with van der Waals surface area (Å²) in [4.78, 5) is 14.1. The van der Waals surface area contributed by atoms with Crippen LogP contribution in [0.25, 0.3) is 20.7 Å². The molecule has 0 bridgehead atoms. The van der Waals surface area contributed by atoms with E-state index in [1.54, 1.807) is 17.7 Å². The van der Waals surface area contributed by atoms with Gasteiger partial charge in [-0.2, -0.15) is 0 Å². The number of rotatable bonds is 4. The van der Waals surface area contributed by atoms with E-state index in [4.69, 9.17) is 4.74 Å². The zero-order valence-electron chi connectivity index (χ0n) is 16.0. The van der Waals surface area contributed by atoms with Gasteiger partial charge in [0.1, 0.15) is 17.0 Å². The first-order chi connectivity index (χ1) is 13.9. The Morgan fingerprint density at radius 1 is 1.07 bits per heavy atom. The van der Waals surface area contributed by atoms with Crippen molar-refractivity contribution >= 4 is 27.4 Å². The Balaban J connectivity index is 1.35. The molecule has 0 spiro atoms. The van der Waals surface area contributed by atoms with E-state index in [1.807, 2.05) is 0 Å². The van der Waals surface area contributed by atoms with Crippen LogP contribution in [0, 0.1) is 0 Å². The number of anilines is 1. The van der Waals surface area contributed by atoms with Crippen molar-refractivity contribution in [3.63, 3.8) is 0 Å². The van der Waals surface area contributed by atoms with E-state index in [0.717, 1.165) is 48.6 Å². The molecule has 146 valence electrons. The van der Waals surface area contributed by atoms with Crippen LogP contribution in [-0.4, -0.2) is 53.3 Å². The second kappa shape index (κ2) is 8.15. The summed E-state index contributed by atoms with van der Waals surface area (Å²) in [6, 6.07) is 13.9. The van der Waals surface area contributed by atoms with Crippen LogP contribution in [0.4, 0.5) is 5.82 Å². The quantitative estimate of drug-likeness (QED) is 0.710. The normalized spacial score (nSPS) is 21.8. The number of fused-ring (bicyclic) bond motifs is 1. The van der Waals surface area contributed by atoms with E-state index in [0.29, 0.717) is 12.1 Å². The third kappa shape index (κ3) is 3.77. The van der Waals surface area contributed by atoms with Crippen LogP contribution in [-0.2, 0) is 4.74 Å². The first kappa shape index (κ1) is 18.0. The topological polar surface area (TPSA) is 50.3 Å². The average molecular weight is 395 g/mol. The predicted molar refractivity (Wildman–Crippen MR) is 115 cm³/mol. The summed E-state index contributed by atoms with van der Waals surface area (Å²) in [7, 11) is 0. The highest BCUT2D eigenvalue weighted by Crippen LogP contribution is 2.35. The third-order valence-electron chi connectivity index (χ3n) is 5.89. The maximum absolute atomic E-state index is 5.54. The molecule has 1 unspecified atom stereocenters. The lowest BCUT2D eigenvalue weighted by molar-refractivity contribution is 0.0255. The molecule has 1 N–H and O–H groups in total. The van der Waals surface area contributed by atoms with Gasteiger partial charge in [0.05, 0.1) is 5.39 Å². The van der Waals surface area contributed by atoms with Crippen LogP contribution in [0.1, 0.15) is 25.7 Å². The van der Waals surface area contributed by atoms with Crippen molar-refractivity contribution in [3.05, 3.63) is 42.7 Å². The van der Waals surface area contributed by atoms with Crippen LogP contribution in [0.3, 0.4) is 0 Å². The molecule has 2 aromatic heterocycles. The summed E-state index contributed by atoms with van der Waals surface area (Å²) in [5.41, 5.74) is 1.24. The molecule has 28 heavy (non-hydrogen) atoms. The lowest BCUT2D eigenvalue weighted by Gasteiger charge is -2.40. The Kier molecular flexibility index (Phi) is 5.25. The molecule has 2 fully saturated rings. The second-order valence-corrected chi connectivity index (χ2v) is 8.77. The van der Waals surface area contributed by atoms with Gasteiger partial charge in [-0.15, -0.1) is 11.3 Å². The third-order valence-corrected chi connectivity index (χ3v) is 6.98. The Morgan fingerprint density at radius 2 is 1.93 bits per heavy atom. The number of nitrogens with zero attached hydrogens (tertiary/aromatic N) is 3. The lowest BCUT2D eigenvalue weighted by atomic mass is 10.00. The molecule has 1 atom stereocenters. The maximum Gasteiger partial charge on any atom is 0.138 e. The first-order valence-corrected chi connectivity index (χ1v) is 11.1. The van der Waals surface area contributed by atoms with Gasteiger partial charge in [0.15, 0.2) is 0 Å². The number of thiophene rings is 1. The zero-order valence-corrected chi connectivity index (χ0v) is 16.8. The van der Waals surface area contributed by atoms with Crippen LogP contribution >= 0.6 is 11.3 Å². The van der Waals surface area contributed by atoms with Gasteiger partial charge in [-0.1, -0.05) is 30.3 Å². The second-order valence-electron chi connectivity index (χ2n) is 7.74. The number of hydrogen-bond donors (Lipinski definition) is 1. The molecule has 3 aromatic rings. The molecule has 0 amide bonds. The fraction of sp³-hybridized carbons (Fsp3) is 0.455. The molecule has 6 heteroatoms. The Hall–Kier alpha value is -2.02. The van der Waals surface area contributed by atoms with Gasteiger partial charge in [-0.3, -0.25) is 4.90 Å². The van der Waals surface area contributed by atoms with Crippen molar-refractivity contribution < 1.29 is 4.74 Å². The van der Waals surface area contributed by atoms with E-state index in [9.17, 15) is 0 Å². The van der Waals surface area contributed by atoms with Gasteiger partial charge in [-0.05, 0) is 43.9 Å². The van der Waals surface area contributed by atoms with Crippen LogP contribution < -0.4 is 5.32 Å². The molecule has 0 radical (unpaired) electrons. The van der Waals surface area contributed by atoms with Crippen molar-refractivity contribution in [3.8, 4) is 10.4 Å². The fourth-order valence-electron chi connectivity index (χ4n) is 4.41. The molecular formula is C22H26N4OS. The molecule has 1 aromatic carbocycles. The molecule has 5 nitrogen and oxygen atoms in total. The van der Waals surface area contributed by atoms with Crippen molar-refractivity contribution in [1.29, 1.82) is 0 Å². The van der Waals surface area contributed by atoms with E-state index < -0.39 is 0 Å². The molecule has 4 heterocycles. The summed E-state index contributed by atoms with van der Waals surface area (Å²) in [5, 5.41) is 4.87. The summed E-state index contributed by atoms with van der Waals surface area (Å²) in [6.07, 6.45) is 6.45. The molecule has 0 aliphatic carbocycles. The number of ether oxygens (including phenoxy) is 1. The van der Waals surface area contributed by atoms with Crippen LogP contribution in [0.2, 0.25) is 0 Å². The highest BCUT2D eigenvalue weighted by Gasteiger charge is 2.27. The van der Waals surface area contributed by atoms with Gasteiger partial charge in [0.2, 0.25) is 0 Å². The van der Waals surface area contributed by atoms with Crippen molar-refractivity contribution in [2.45, 2.75) is 37.8 Å².